The van der Waals surface area contributed by atoms with Gasteiger partial charge < -0.3 is 10.4 Å². The van der Waals surface area contributed by atoms with Crippen molar-refractivity contribution >= 4 is 21.6 Å². The van der Waals surface area contributed by atoms with E-state index in [-0.39, 0.29) is 6.04 Å². The third-order valence-electron chi connectivity index (χ3n) is 3.31. The van der Waals surface area contributed by atoms with E-state index in [1.165, 1.54) is 0 Å². The van der Waals surface area contributed by atoms with Crippen LogP contribution in [0, 0.1) is 0 Å². The van der Waals surface area contributed by atoms with E-state index < -0.39 is 17.8 Å². The minimum atomic E-state index is -4.37. The maximum absolute atomic E-state index is 12.7. The van der Waals surface area contributed by atoms with Gasteiger partial charge in [-0.3, -0.25) is 0 Å². The molecule has 2 N–H and O–H groups in total. The molecule has 19 heavy (non-hydrogen) atoms. The Hall–Kier alpha value is -0.750. The van der Waals surface area contributed by atoms with Gasteiger partial charge in [-0.1, -0.05) is 28.8 Å². The molecule has 2 rings (SSSR count). The molecule has 0 amide bonds. The zero-order valence-corrected chi connectivity index (χ0v) is 11.8. The van der Waals surface area contributed by atoms with E-state index in [0.29, 0.717) is 16.6 Å². The lowest BCUT2D eigenvalue weighted by Gasteiger charge is -2.29. The van der Waals surface area contributed by atoms with Crippen LogP contribution in [0.1, 0.15) is 31.2 Å². The molecule has 1 aliphatic carbocycles. The number of nitrogens with one attached hydrogen (secondary N) is 1. The first-order valence-corrected chi connectivity index (χ1v) is 6.98. The SMILES string of the molecule is O[C@H]1CCCC[C@@H]1Nc1cc(Br)cc(C(F)(F)F)c1. The van der Waals surface area contributed by atoms with Gasteiger partial charge in [-0.05, 0) is 31.0 Å². The largest absolute Gasteiger partial charge is 0.416 e. The van der Waals surface area contributed by atoms with Gasteiger partial charge in [0.1, 0.15) is 0 Å². The molecule has 0 bridgehead atoms. The predicted molar refractivity (Wildman–Crippen MR) is 71.0 cm³/mol. The summed E-state index contributed by atoms with van der Waals surface area (Å²) >= 11 is 3.08. The molecule has 0 unspecified atom stereocenters. The van der Waals surface area contributed by atoms with E-state index in [0.717, 1.165) is 31.4 Å². The summed E-state index contributed by atoms with van der Waals surface area (Å²) in [5.74, 6) is 0. The summed E-state index contributed by atoms with van der Waals surface area (Å²) in [4.78, 5) is 0. The fraction of sp³-hybridized carbons (Fsp3) is 0.538. The molecular weight excluding hydrogens is 323 g/mol. The summed E-state index contributed by atoms with van der Waals surface area (Å²) in [6.07, 6.45) is -1.46. The van der Waals surface area contributed by atoms with Crippen molar-refractivity contribution in [2.45, 2.75) is 44.0 Å². The summed E-state index contributed by atoms with van der Waals surface area (Å²) in [5, 5.41) is 12.8. The number of aliphatic hydroxyl groups excluding tert-OH is 1. The normalized spacial score (nSPS) is 24.3. The highest BCUT2D eigenvalue weighted by molar-refractivity contribution is 9.10. The van der Waals surface area contributed by atoms with E-state index in [9.17, 15) is 18.3 Å². The van der Waals surface area contributed by atoms with Crippen molar-refractivity contribution in [2.24, 2.45) is 0 Å². The third kappa shape index (κ3) is 3.86. The Labute approximate surface area is 118 Å². The second-order valence-electron chi connectivity index (χ2n) is 4.83. The van der Waals surface area contributed by atoms with Crippen molar-refractivity contribution < 1.29 is 18.3 Å². The Balaban J connectivity index is 2.18. The molecule has 1 aromatic rings. The summed E-state index contributed by atoms with van der Waals surface area (Å²) in [6, 6.07) is 3.54. The van der Waals surface area contributed by atoms with Crippen molar-refractivity contribution in [3.8, 4) is 0 Å². The van der Waals surface area contributed by atoms with Crippen LogP contribution in [-0.2, 0) is 6.18 Å². The number of anilines is 1. The molecule has 1 saturated carbocycles. The molecule has 6 heteroatoms. The highest BCUT2D eigenvalue weighted by Gasteiger charge is 2.31. The van der Waals surface area contributed by atoms with E-state index in [2.05, 4.69) is 21.2 Å². The number of hydrogen-bond acceptors (Lipinski definition) is 2. The Bertz CT molecular complexity index is 450. The number of alkyl halides is 3. The van der Waals surface area contributed by atoms with Crippen molar-refractivity contribution in [2.75, 3.05) is 5.32 Å². The number of aliphatic hydroxyl groups is 1. The van der Waals surface area contributed by atoms with E-state index in [1.807, 2.05) is 0 Å². The lowest BCUT2D eigenvalue weighted by molar-refractivity contribution is -0.137. The number of halogens is 4. The first-order chi connectivity index (χ1) is 8.86. The maximum atomic E-state index is 12.7. The second kappa shape index (κ2) is 5.71. The second-order valence-corrected chi connectivity index (χ2v) is 5.74. The Kier molecular flexibility index (Phi) is 4.40. The van der Waals surface area contributed by atoms with E-state index in [1.54, 1.807) is 6.07 Å². The lowest BCUT2D eigenvalue weighted by Crippen LogP contribution is -2.36. The van der Waals surface area contributed by atoms with Crippen LogP contribution in [0.3, 0.4) is 0 Å². The van der Waals surface area contributed by atoms with Gasteiger partial charge in [0.2, 0.25) is 0 Å². The van der Waals surface area contributed by atoms with Gasteiger partial charge in [0.25, 0.3) is 0 Å². The average molecular weight is 338 g/mol. The molecule has 2 atom stereocenters. The summed E-state index contributed by atoms with van der Waals surface area (Å²) in [6.45, 7) is 0. The first kappa shape index (κ1) is 14.7. The quantitative estimate of drug-likeness (QED) is 0.848. The summed E-state index contributed by atoms with van der Waals surface area (Å²) < 4.78 is 38.5. The van der Waals surface area contributed by atoms with Crippen LogP contribution in [0.15, 0.2) is 22.7 Å². The average Bonchev–Trinajstić information content (AvgIpc) is 2.30. The van der Waals surface area contributed by atoms with Crippen molar-refractivity contribution in [1.29, 1.82) is 0 Å². The Morgan fingerprint density at radius 3 is 2.47 bits per heavy atom. The van der Waals surface area contributed by atoms with Crippen LogP contribution in [0.5, 0.6) is 0 Å². The minimum absolute atomic E-state index is 0.177. The van der Waals surface area contributed by atoms with E-state index >= 15 is 0 Å². The molecule has 1 aromatic carbocycles. The zero-order valence-electron chi connectivity index (χ0n) is 10.2. The first-order valence-electron chi connectivity index (χ1n) is 6.18. The number of rotatable bonds is 2. The maximum Gasteiger partial charge on any atom is 0.416 e. The molecule has 0 spiro atoms. The molecule has 0 radical (unpaired) electrons. The van der Waals surface area contributed by atoms with Gasteiger partial charge in [-0.25, -0.2) is 0 Å². The fourth-order valence-electron chi connectivity index (χ4n) is 2.33. The predicted octanol–water partition coefficient (Wildman–Crippen LogP) is 4.18. The molecule has 1 aliphatic rings. The van der Waals surface area contributed by atoms with Crippen molar-refractivity contribution in [3.05, 3.63) is 28.2 Å². The van der Waals surface area contributed by atoms with Crippen LogP contribution < -0.4 is 5.32 Å². The van der Waals surface area contributed by atoms with E-state index in [4.69, 9.17) is 0 Å². The number of benzene rings is 1. The molecule has 1 fully saturated rings. The van der Waals surface area contributed by atoms with Gasteiger partial charge >= 0.3 is 6.18 Å². The van der Waals surface area contributed by atoms with Crippen LogP contribution in [0.4, 0.5) is 18.9 Å². The fourth-order valence-corrected chi connectivity index (χ4v) is 2.82. The monoisotopic (exact) mass is 337 g/mol. The van der Waals surface area contributed by atoms with Gasteiger partial charge in [0.05, 0.1) is 17.7 Å². The molecule has 106 valence electrons. The van der Waals surface area contributed by atoms with Crippen LogP contribution >= 0.6 is 15.9 Å². The van der Waals surface area contributed by atoms with Gasteiger partial charge in [-0.2, -0.15) is 13.2 Å². The van der Waals surface area contributed by atoms with Crippen LogP contribution in [0.25, 0.3) is 0 Å². The van der Waals surface area contributed by atoms with Crippen molar-refractivity contribution in [3.63, 3.8) is 0 Å². The lowest BCUT2D eigenvalue weighted by atomic mass is 9.92. The van der Waals surface area contributed by atoms with Gasteiger partial charge in [0, 0.05) is 10.2 Å². The Morgan fingerprint density at radius 2 is 1.84 bits per heavy atom. The van der Waals surface area contributed by atoms with Gasteiger partial charge in [0.15, 0.2) is 0 Å². The van der Waals surface area contributed by atoms with Gasteiger partial charge in [-0.15, -0.1) is 0 Å². The van der Waals surface area contributed by atoms with Crippen LogP contribution in [0.2, 0.25) is 0 Å². The summed E-state index contributed by atoms with van der Waals surface area (Å²) in [7, 11) is 0. The topological polar surface area (TPSA) is 32.3 Å². The molecular formula is C13H15BrF3NO. The molecule has 2 nitrogen and oxygen atoms in total. The standard InChI is InChI=1S/C13H15BrF3NO/c14-9-5-8(13(15,16)17)6-10(7-9)18-11-3-1-2-4-12(11)19/h5-7,11-12,18-19H,1-4H2/t11-,12-/m0/s1. The highest BCUT2D eigenvalue weighted by Crippen LogP contribution is 2.34. The smallest absolute Gasteiger partial charge is 0.391 e. The minimum Gasteiger partial charge on any atom is -0.391 e. The highest BCUT2D eigenvalue weighted by atomic mass is 79.9. The van der Waals surface area contributed by atoms with Crippen molar-refractivity contribution in [1.82, 2.24) is 0 Å². The third-order valence-corrected chi connectivity index (χ3v) is 3.76. The molecule has 0 heterocycles. The number of hydrogen-bond donors (Lipinski definition) is 2. The zero-order chi connectivity index (χ0) is 14.0. The Morgan fingerprint density at radius 1 is 1.16 bits per heavy atom. The van der Waals surface area contributed by atoms with Crippen LogP contribution in [-0.4, -0.2) is 17.3 Å². The molecule has 0 aromatic heterocycles. The summed E-state index contributed by atoms with van der Waals surface area (Å²) in [5.41, 5.74) is -0.317. The molecule has 0 aliphatic heterocycles. The molecule has 0 saturated heterocycles.